The fraction of sp³-hybridized carbons (Fsp3) is 0.923. The Kier molecular flexibility index (Phi) is 2.57. The van der Waals surface area contributed by atoms with E-state index in [0.717, 1.165) is 19.6 Å². The summed E-state index contributed by atoms with van der Waals surface area (Å²) in [5.74, 6) is 0.577. The Hall–Kier alpha value is -0.570. The van der Waals surface area contributed by atoms with E-state index in [4.69, 9.17) is 0 Å². The summed E-state index contributed by atoms with van der Waals surface area (Å²) in [7, 11) is 0. The van der Waals surface area contributed by atoms with E-state index in [9.17, 15) is 4.79 Å². The Morgan fingerprint density at radius 1 is 1.25 bits per heavy atom. The first-order chi connectivity index (χ1) is 7.28. The molecule has 1 N–H and O–H groups in total. The van der Waals surface area contributed by atoms with Crippen molar-refractivity contribution in [3.05, 3.63) is 0 Å². The van der Waals surface area contributed by atoms with Crippen LogP contribution in [-0.2, 0) is 4.79 Å². The maximum atomic E-state index is 12.4. The summed E-state index contributed by atoms with van der Waals surface area (Å²) < 4.78 is 0. The second-order valence-corrected chi connectivity index (χ2v) is 6.52. The second kappa shape index (κ2) is 3.46. The first kappa shape index (κ1) is 11.9. The molecule has 1 aliphatic heterocycles. The maximum absolute atomic E-state index is 12.4. The molecule has 1 atom stereocenters. The van der Waals surface area contributed by atoms with Crippen molar-refractivity contribution >= 4 is 5.91 Å². The molecule has 1 amide bonds. The lowest BCUT2D eigenvalue weighted by Crippen LogP contribution is -2.52. The predicted molar refractivity (Wildman–Crippen MR) is 65.1 cm³/mol. The average molecular weight is 224 g/mol. The maximum Gasteiger partial charge on any atom is 0.226 e. The Labute approximate surface area is 98.6 Å². The summed E-state index contributed by atoms with van der Waals surface area (Å²) in [6, 6.07) is 0.433. The number of nitrogens with one attached hydrogen (secondary N) is 1. The highest BCUT2D eigenvalue weighted by Crippen LogP contribution is 2.68. The lowest BCUT2D eigenvalue weighted by atomic mass is 10.0. The summed E-state index contributed by atoms with van der Waals surface area (Å²) in [5, 5.41) is 3.37. The standard InChI is InChI=1S/C13H24N2O/c1-9-8-15(7-6-14-9)11(16)10-12(2,3)13(10,4)5/h9-10,14H,6-8H2,1-5H3/t9-/m1/s1. The predicted octanol–water partition coefficient (Wildman–Crippen LogP) is 1.49. The second-order valence-electron chi connectivity index (χ2n) is 6.52. The molecule has 2 rings (SSSR count). The van der Waals surface area contributed by atoms with Gasteiger partial charge in [-0.05, 0) is 17.8 Å². The van der Waals surface area contributed by atoms with Gasteiger partial charge in [0.15, 0.2) is 0 Å². The number of hydrogen-bond acceptors (Lipinski definition) is 2. The van der Waals surface area contributed by atoms with Crippen LogP contribution in [0.5, 0.6) is 0 Å². The van der Waals surface area contributed by atoms with E-state index < -0.39 is 0 Å². The molecule has 0 spiro atoms. The zero-order chi connectivity index (χ0) is 12.1. The van der Waals surface area contributed by atoms with Gasteiger partial charge in [0, 0.05) is 31.6 Å². The van der Waals surface area contributed by atoms with Gasteiger partial charge < -0.3 is 10.2 Å². The third kappa shape index (κ3) is 1.56. The van der Waals surface area contributed by atoms with Gasteiger partial charge in [-0.2, -0.15) is 0 Å². The van der Waals surface area contributed by atoms with Crippen LogP contribution in [0.25, 0.3) is 0 Å². The molecule has 92 valence electrons. The van der Waals surface area contributed by atoms with Crippen molar-refractivity contribution in [2.24, 2.45) is 16.7 Å². The van der Waals surface area contributed by atoms with Gasteiger partial charge in [-0.15, -0.1) is 0 Å². The van der Waals surface area contributed by atoms with Crippen LogP contribution in [0.3, 0.4) is 0 Å². The summed E-state index contributed by atoms with van der Waals surface area (Å²) >= 11 is 0. The molecule has 0 aromatic rings. The summed E-state index contributed by atoms with van der Waals surface area (Å²) in [4.78, 5) is 14.5. The Balaban J connectivity index is 2.04. The number of nitrogens with zero attached hydrogens (tertiary/aromatic N) is 1. The van der Waals surface area contributed by atoms with Crippen LogP contribution in [0.2, 0.25) is 0 Å². The average Bonchev–Trinajstić information content (AvgIpc) is 2.56. The van der Waals surface area contributed by atoms with Gasteiger partial charge in [0.2, 0.25) is 5.91 Å². The molecule has 16 heavy (non-hydrogen) atoms. The van der Waals surface area contributed by atoms with Gasteiger partial charge in [-0.3, -0.25) is 4.79 Å². The van der Waals surface area contributed by atoms with Crippen LogP contribution < -0.4 is 5.32 Å². The van der Waals surface area contributed by atoms with Crippen molar-refractivity contribution in [1.29, 1.82) is 0 Å². The van der Waals surface area contributed by atoms with Crippen LogP contribution in [0.15, 0.2) is 0 Å². The minimum absolute atomic E-state index is 0.165. The molecular weight excluding hydrogens is 200 g/mol. The van der Waals surface area contributed by atoms with E-state index in [0.29, 0.717) is 11.9 Å². The number of carbonyl (C=O) groups is 1. The van der Waals surface area contributed by atoms with Crippen molar-refractivity contribution < 1.29 is 4.79 Å². The van der Waals surface area contributed by atoms with E-state index in [1.54, 1.807) is 0 Å². The number of hydrogen-bond donors (Lipinski definition) is 1. The minimum atomic E-state index is 0.165. The molecule has 3 nitrogen and oxygen atoms in total. The first-order valence-electron chi connectivity index (χ1n) is 6.30. The van der Waals surface area contributed by atoms with Crippen LogP contribution in [0.1, 0.15) is 34.6 Å². The highest BCUT2D eigenvalue weighted by molar-refractivity contribution is 5.84. The van der Waals surface area contributed by atoms with Gasteiger partial charge in [0.1, 0.15) is 0 Å². The number of piperazine rings is 1. The van der Waals surface area contributed by atoms with E-state index >= 15 is 0 Å². The molecule has 0 aromatic carbocycles. The molecule has 1 aliphatic carbocycles. The highest BCUT2D eigenvalue weighted by Gasteiger charge is 2.68. The quantitative estimate of drug-likeness (QED) is 0.732. The van der Waals surface area contributed by atoms with Crippen LogP contribution >= 0.6 is 0 Å². The molecular formula is C13H24N2O. The van der Waals surface area contributed by atoms with Gasteiger partial charge in [-0.25, -0.2) is 0 Å². The minimum Gasteiger partial charge on any atom is -0.340 e. The molecule has 1 heterocycles. The van der Waals surface area contributed by atoms with E-state index in [-0.39, 0.29) is 16.7 Å². The van der Waals surface area contributed by atoms with Crippen molar-refractivity contribution in [2.75, 3.05) is 19.6 Å². The monoisotopic (exact) mass is 224 g/mol. The lowest BCUT2D eigenvalue weighted by Gasteiger charge is -2.32. The fourth-order valence-electron chi connectivity index (χ4n) is 3.13. The van der Waals surface area contributed by atoms with Crippen molar-refractivity contribution in [1.82, 2.24) is 10.2 Å². The third-order valence-electron chi connectivity index (χ3n) is 4.95. The molecule has 0 bridgehead atoms. The highest BCUT2D eigenvalue weighted by atomic mass is 16.2. The van der Waals surface area contributed by atoms with Crippen molar-refractivity contribution in [3.63, 3.8) is 0 Å². The van der Waals surface area contributed by atoms with Crippen LogP contribution in [0.4, 0.5) is 0 Å². The third-order valence-corrected chi connectivity index (χ3v) is 4.95. The summed E-state index contributed by atoms with van der Waals surface area (Å²) in [5.41, 5.74) is 0.330. The molecule has 2 fully saturated rings. The molecule has 1 saturated carbocycles. The van der Waals surface area contributed by atoms with Crippen molar-refractivity contribution in [3.8, 4) is 0 Å². The van der Waals surface area contributed by atoms with E-state index in [1.165, 1.54) is 0 Å². The largest absolute Gasteiger partial charge is 0.340 e. The normalized spacial score (nSPS) is 32.6. The van der Waals surface area contributed by atoms with Crippen LogP contribution in [-0.4, -0.2) is 36.5 Å². The Bertz CT molecular complexity index is 295. The molecule has 0 unspecified atom stereocenters. The first-order valence-corrected chi connectivity index (χ1v) is 6.30. The molecule has 1 saturated heterocycles. The Morgan fingerprint density at radius 3 is 2.25 bits per heavy atom. The topological polar surface area (TPSA) is 32.3 Å². The molecule has 0 aromatic heterocycles. The van der Waals surface area contributed by atoms with Gasteiger partial charge in [-0.1, -0.05) is 27.7 Å². The fourth-order valence-corrected chi connectivity index (χ4v) is 3.13. The van der Waals surface area contributed by atoms with E-state index in [1.807, 2.05) is 4.90 Å². The summed E-state index contributed by atoms with van der Waals surface area (Å²) in [6.07, 6.45) is 0. The number of carbonyl (C=O) groups excluding carboxylic acids is 1. The van der Waals surface area contributed by atoms with Crippen molar-refractivity contribution in [2.45, 2.75) is 40.7 Å². The zero-order valence-electron chi connectivity index (χ0n) is 11.1. The van der Waals surface area contributed by atoms with E-state index in [2.05, 4.69) is 39.9 Å². The molecule has 0 radical (unpaired) electrons. The SMILES string of the molecule is C[C@@H]1CN(C(=O)C2C(C)(C)C2(C)C)CCN1. The smallest absolute Gasteiger partial charge is 0.226 e. The Morgan fingerprint density at radius 2 is 1.81 bits per heavy atom. The number of rotatable bonds is 1. The van der Waals surface area contributed by atoms with Gasteiger partial charge >= 0.3 is 0 Å². The van der Waals surface area contributed by atoms with Crippen LogP contribution in [0, 0.1) is 16.7 Å². The molecule has 2 aliphatic rings. The summed E-state index contributed by atoms with van der Waals surface area (Å²) in [6.45, 7) is 13.6. The van der Waals surface area contributed by atoms with Gasteiger partial charge in [0.05, 0.1) is 0 Å². The molecule has 3 heteroatoms. The lowest BCUT2D eigenvalue weighted by molar-refractivity contribution is -0.135. The number of amides is 1. The zero-order valence-corrected chi connectivity index (χ0v) is 11.1. The van der Waals surface area contributed by atoms with Gasteiger partial charge in [0.25, 0.3) is 0 Å².